The molecule has 1 aromatic heterocycles. The number of hydrogen-bond acceptors (Lipinski definition) is 6. The maximum atomic E-state index is 12.9. The van der Waals surface area contributed by atoms with Crippen molar-refractivity contribution in [3.8, 4) is 0 Å². The monoisotopic (exact) mass is 409 g/mol. The summed E-state index contributed by atoms with van der Waals surface area (Å²) in [7, 11) is 0. The Morgan fingerprint density at radius 3 is 2.19 bits per heavy atom. The lowest BCUT2D eigenvalue weighted by molar-refractivity contribution is -0.144. The van der Waals surface area contributed by atoms with E-state index in [1.807, 2.05) is 25.7 Å². The van der Waals surface area contributed by atoms with Gasteiger partial charge in [-0.3, -0.25) is 9.69 Å². The van der Waals surface area contributed by atoms with Gasteiger partial charge in [0.15, 0.2) is 5.82 Å². The summed E-state index contributed by atoms with van der Waals surface area (Å²) in [4.78, 5) is 21.6. The lowest BCUT2D eigenvalue weighted by Crippen LogP contribution is -2.55. The minimum absolute atomic E-state index is 0. The van der Waals surface area contributed by atoms with Gasteiger partial charge in [0.25, 0.3) is 0 Å². The van der Waals surface area contributed by atoms with Gasteiger partial charge in [0.1, 0.15) is 0 Å². The summed E-state index contributed by atoms with van der Waals surface area (Å²) in [6, 6.07) is 0.0756. The second-order valence-corrected chi connectivity index (χ2v) is 6.60. The fourth-order valence-corrected chi connectivity index (χ4v) is 3.31. The Labute approximate surface area is 168 Å². The second kappa shape index (κ2) is 11.1. The first-order valence-corrected chi connectivity index (χ1v) is 9.07. The van der Waals surface area contributed by atoms with Crippen LogP contribution >= 0.6 is 24.8 Å². The summed E-state index contributed by atoms with van der Waals surface area (Å²) >= 11 is 0. The van der Waals surface area contributed by atoms with Crippen molar-refractivity contribution in [3.63, 3.8) is 0 Å². The molecular formula is C17H33Cl2N5O2. The van der Waals surface area contributed by atoms with Crippen molar-refractivity contribution < 1.29 is 9.32 Å². The zero-order chi connectivity index (χ0) is 17.7. The summed E-state index contributed by atoms with van der Waals surface area (Å²) in [5.74, 6) is 1.60. The largest absolute Gasteiger partial charge is 0.340 e. The highest BCUT2D eigenvalue weighted by molar-refractivity contribution is 5.85. The standard InChI is InChI=1S/C17H31N5O2.2ClH/c1-5-14-19-15(24-20-14)13(4)21-8-10-22(11-9-21)16(23)17(6-2,7-3)12-18;;/h13H,5-12,18H2,1-4H3;2*1H. The van der Waals surface area contributed by atoms with Crippen LogP contribution in [0.25, 0.3) is 0 Å². The molecule has 9 heteroatoms. The number of amides is 1. The third-order valence-corrected chi connectivity index (χ3v) is 5.50. The Morgan fingerprint density at radius 2 is 1.77 bits per heavy atom. The van der Waals surface area contributed by atoms with Crippen molar-refractivity contribution in [3.05, 3.63) is 11.7 Å². The molecule has 0 bridgehead atoms. The summed E-state index contributed by atoms with van der Waals surface area (Å²) < 4.78 is 5.35. The third kappa shape index (κ3) is 5.09. The fourth-order valence-electron chi connectivity index (χ4n) is 3.31. The molecule has 1 fully saturated rings. The molecule has 2 N–H and O–H groups in total. The van der Waals surface area contributed by atoms with Crippen LogP contribution in [0.5, 0.6) is 0 Å². The van der Waals surface area contributed by atoms with Crippen LogP contribution in [0.1, 0.15) is 58.3 Å². The van der Waals surface area contributed by atoms with Gasteiger partial charge in [-0.2, -0.15) is 4.98 Å². The smallest absolute Gasteiger partial charge is 0.243 e. The zero-order valence-corrected chi connectivity index (χ0v) is 17.9. The number of carbonyl (C=O) groups excluding carboxylic acids is 1. The van der Waals surface area contributed by atoms with E-state index >= 15 is 0 Å². The summed E-state index contributed by atoms with van der Waals surface area (Å²) in [6.07, 6.45) is 2.35. The van der Waals surface area contributed by atoms with E-state index in [9.17, 15) is 4.79 Å². The van der Waals surface area contributed by atoms with E-state index in [-0.39, 0.29) is 36.8 Å². The van der Waals surface area contributed by atoms with E-state index in [0.717, 1.165) is 51.3 Å². The molecule has 26 heavy (non-hydrogen) atoms. The zero-order valence-electron chi connectivity index (χ0n) is 16.2. The summed E-state index contributed by atoms with van der Waals surface area (Å²) in [6.45, 7) is 11.7. The van der Waals surface area contributed by atoms with Gasteiger partial charge in [0, 0.05) is 39.1 Å². The van der Waals surface area contributed by atoms with Crippen molar-refractivity contribution in [1.29, 1.82) is 0 Å². The van der Waals surface area contributed by atoms with Gasteiger partial charge >= 0.3 is 0 Å². The van der Waals surface area contributed by atoms with E-state index < -0.39 is 5.41 Å². The summed E-state index contributed by atoms with van der Waals surface area (Å²) in [5, 5.41) is 3.97. The van der Waals surface area contributed by atoms with Crippen LogP contribution in [0.4, 0.5) is 0 Å². The highest BCUT2D eigenvalue weighted by Crippen LogP contribution is 2.29. The van der Waals surface area contributed by atoms with Gasteiger partial charge in [0.2, 0.25) is 11.8 Å². The number of halogens is 2. The molecule has 1 aromatic rings. The Morgan fingerprint density at radius 1 is 1.19 bits per heavy atom. The average molecular weight is 410 g/mol. The van der Waals surface area contributed by atoms with E-state index in [0.29, 0.717) is 12.4 Å². The predicted molar refractivity (Wildman–Crippen MR) is 107 cm³/mol. The van der Waals surface area contributed by atoms with Crippen LogP contribution in [0.3, 0.4) is 0 Å². The van der Waals surface area contributed by atoms with Crippen molar-refractivity contribution >= 4 is 30.7 Å². The Hall–Kier alpha value is -0.890. The lowest BCUT2D eigenvalue weighted by atomic mass is 9.80. The molecule has 0 aliphatic carbocycles. The molecule has 1 unspecified atom stereocenters. The van der Waals surface area contributed by atoms with Gasteiger partial charge in [-0.05, 0) is 19.8 Å². The van der Waals surface area contributed by atoms with Crippen LogP contribution in [-0.2, 0) is 11.2 Å². The predicted octanol–water partition coefficient (Wildman–Crippen LogP) is 2.45. The number of rotatable bonds is 7. The Kier molecular flexibility index (Phi) is 10.7. The molecular weight excluding hydrogens is 377 g/mol. The van der Waals surface area contributed by atoms with E-state index in [4.69, 9.17) is 10.3 Å². The van der Waals surface area contributed by atoms with Crippen LogP contribution in [0, 0.1) is 5.41 Å². The minimum Gasteiger partial charge on any atom is -0.340 e. The molecule has 1 aliphatic heterocycles. The van der Waals surface area contributed by atoms with Gasteiger partial charge < -0.3 is 15.2 Å². The number of aromatic nitrogens is 2. The molecule has 0 spiro atoms. The molecule has 1 aliphatic rings. The highest BCUT2D eigenvalue weighted by atomic mass is 35.5. The maximum absolute atomic E-state index is 12.9. The van der Waals surface area contributed by atoms with E-state index in [1.54, 1.807) is 0 Å². The average Bonchev–Trinajstić information content (AvgIpc) is 3.12. The fraction of sp³-hybridized carbons (Fsp3) is 0.824. The van der Waals surface area contributed by atoms with Crippen LogP contribution in [-0.4, -0.2) is 58.6 Å². The molecule has 152 valence electrons. The van der Waals surface area contributed by atoms with E-state index in [1.165, 1.54) is 0 Å². The van der Waals surface area contributed by atoms with Gasteiger partial charge in [-0.15, -0.1) is 24.8 Å². The molecule has 0 radical (unpaired) electrons. The molecule has 1 saturated heterocycles. The normalized spacial score (nSPS) is 16.6. The number of nitrogens with zero attached hydrogens (tertiary/aromatic N) is 4. The van der Waals surface area contributed by atoms with Crippen molar-refractivity contribution in [2.75, 3.05) is 32.7 Å². The molecule has 0 aromatic carbocycles. The van der Waals surface area contributed by atoms with Gasteiger partial charge in [0.05, 0.1) is 11.5 Å². The molecule has 2 heterocycles. The first-order valence-electron chi connectivity index (χ1n) is 9.07. The summed E-state index contributed by atoms with van der Waals surface area (Å²) in [5.41, 5.74) is 5.51. The topological polar surface area (TPSA) is 88.5 Å². The molecule has 1 atom stereocenters. The molecule has 2 rings (SSSR count). The molecule has 0 saturated carbocycles. The van der Waals surface area contributed by atoms with Crippen molar-refractivity contribution in [2.24, 2.45) is 11.1 Å². The minimum atomic E-state index is -0.406. The van der Waals surface area contributed by atoms with Crippen LogP contribution in [0.15, 0.2) is 4.52 Å². The number of nitrogens with two attached hydrogens (primary N) is 1. The Bertz CT molecular complexity index is 535. The van der Waals surface area contributed by atoms with Gasteiger partial charge in [-0.1, -0.05) is 25.9 Å². The first-order chi connectivity index (χ1) is 11.5. The second-order valence-electron chi connectivity index (χ2n) is 6.60. The molecule has 1 amide bonds. The maximum Gasteiger partial charge on any atom is 0.243 e. The Balaban J connectivity index is 0.00000312. The first kappa shape index (κ1) is 25.1. The van der Waals surface area contributed by atoms with Crippen molar-refractivity contribution in [2.45, 2.75) is 53.0 Å². The number of aryl methyl sites for hydroxylation is 1. The van der Waals surface area contributed by atoms with E-state index in [2.05, 4.69) is 22.0 Å². The van der Waals surface area contributed by atoms with Crippen LogP contribution < -0.4 is 5.73 Å². The molecule has 7 nitrogen and oxygen atoms in total. The van der Waals surface area contributed by atoms with Crippen LogP contribution in [0.2, 0.25) is 0 Å². The quantitative estimate of drug-likeness (QED) is 0.743. The number of piperazine rings is 1. The van der Waals surface area contributed by atoms with Gasteiger partial charge in [-0.25, -0.2) is 0 Å². The van der Waals surface area contributed by atoms with Crippen molar-refractivity contribution in [1.82, 2.24) is 19.9 Å². The highest BCUT2D eigenvalue weighted by Gasteiger charge is 2.38. The lowest BCUT2D eigenvalue weighted by Gasteiger charge is -2.41. The SMILES string of the molecule is CCc1noc(C(C)N2CCN(C(=O)C(CC)(CC)CN)CC2)n1.Cl.Cl. The number of hydrogen-bond donors (Lipinski definition) is 1. The number of carbonyl (C=O) groups is 1. The third-order valence-electron chi connectivity index (χ3n) is 5.50.